The van der Waals surface area contributed by atoms with Crippen molar-refractivity contribution in [2.24, 2.45) is 5.73 Å². The van der Waals surface area contributed by atoms with Crippen molar-refractivity contribution in [3.8, 4) is 0 Å². The van der Waals surface area contributed by atoms with E-state index in [1.165, 1.54) is 0 Å². The van der Waals surface area contributed by atoms with Gasteiger partial charge in [-0.25, -0.2) is 0 Å². The highest BCUT2D eigenvalue weighted by Gasteiger charge is 2.31. The van der Waals surface area contributed by atoms with Crippen LogP contribution in [0.3, 0.4) is 0 Å². The molecular weight excluding hydrogens is 178 g/mol. The number of rotatable bonds is 2. The third kappa shape index (κ3) is 1.51. The second-order valence-corrected chi connectivity index (χ2v) is 3.75. The van der Waals surface area contributed by atoms with Gasteiger partial charge in [-0.2, -0.15) is 0 Å². The summed E-state index contributed by atoms with van der Waals surface area (Å²) in [6.07, 6.45) is 0.409. The van der Waals surface area contributed by atoms with Crippen LogP contribution in [0.25, 0.3) is 0 Å². The van der Waals surface area contributed by atoms with Crippen LogP contribution in [0.4, 0.5) is 0 Å². The summed E-state index contributed by atoms with van der Waals surface area (Å²) in [7, 11) is 0. The summed E-state index contributed by atoms with van der Waals surface area (Å²) in [6, 6.07) is 7.81. The summed E-state index contributed by atoms with van der Waals surface area (Å²) in [6.45, 7) is 0. The number of aliphatic hydroxyl groups is 1. The Labute approximate surface area is 82.5 Å². The number of nitrogens with two attached hydrogens (primary N) is 1. The molecule has 0 heterocycles. The Kier molecular flexibility index (Phi) is 2.25. The van der Waals surface area contributed by atoms with Crippen molar-refractivity contribution in [3.63, 3.8) is 0 Å². The molecule has 0 spiro atoms. The molecule has 1 aliphatic carbocycles. The van der Waals surface area contributed by atoms with E-state index in [-0.39, 0.29) is 18.2 Å². The molecule has 2 rings (SSSR count). The van der Waals surface area contributed by atoms with Gasteiger partial charge in [0.25, 0.3) is 0 Å². The summed E-state index contributed by atoms with van der Waals surface area (Å²) in [5.74, 6) is -0.463. The first kappa shape index (κ1) is 9.21. The Balaban J connectivity index is 2.30. The van der Waals surface area contributed by atoms with E-state index >= 15 is 0 Å². The summed E-state index contributed by atoms with van der Waals surface area (Å²) < 4.78 is 0. The first-order valence-corrected chi connectivity index (χ1v) is 4.72. The first-order chi connectivity index (χ1) is 6.68. The molecule has 1 aliphatic rings. The quantitative estimate of drug-likeness (QED) is 0.717. The van der Waals surface area contributed by atoms with Crippen LogP contribution in [0.15, 0.2) is 24.3 Å². The van der Waals surface area contributed by atoms with Crippen molar-refractivity contribution >= 4 is 5.91 Å². The molecule has 3 heteroatoms. The minimum absolute atomic E-state index is 0.108. The summed E-state index contributed by atoms with van der Waals surface area (Å²) in [5.41, 5.74) is 7.34. The Morgan fingerprint density at radius 1 is 1.50 bits per heavy atom. The Morgan fingerprint density at radius 2 is 2.21 bits per heavy atom. The lowest BCUT2D eigenvalue weighted by atomic mass is 9.96. The molecule has 1 aromatic carbocycles. The molecule has 0 aromatic heterocycles. The van der Waals surface area contributed by atoms with Crippen LogP contribution in [-0.2, 0) is 11.2 Å². The SMILES string of the molecule is NC(=O)C[C@H]1c2ccccc2C[C@H]1O. The van der Waals surface area contributed by atoms with Crippen molar-refractivity contribution in [1.82, 2.24) is 0 Å². The average Bonchev–Trinajstić information content (AvgIpc) is 2.43. The number of hydrogen-bond acceptors (Lipinski definition) is 2. The smallest absolute Gasteiger partial charge is 0.218 e. The normalized spacial score (nSPS) is 24.6. The van der Waals surface area contributed by atoms with E-state index in [9.17, 15) is 9.90 Å². The van der Waals surface area contributed by atoms with Crippen LogP contribution in [-0.4, -0.2) is 17.1 Å². The molecule has 0 fully saturated rings. The van der Waals surface area contributed by atoms with Gasteiger partial charge in [0.2, 0.25) is 5.91 Å². The number of primary amides is 1. The van der Waals surface area contributed by atoms with Crippen LogP contribution in [0.1, 0.15) is 23.5 Å². The minimum atomic E-state index is -0.458. The van der Waals surface area contributed by atoms with Gasteiger partial charge in [0.1, 0.15) is 0 Å². The number of fused-ring (bicyclic) bond motifs is 1. The summed E-state index contributed by atoms with van der Waals surface area (Å²) in [5, 5.41) is 9.75. The lowest BCUT2D eigenvalue weighted by molar-refractivity contribution is -0.118. The van der Waals surface area contributed by atoms with Gasteiger partial charge in [0.05, 0.1) is 6.10 Å². The third-order valence-corrected chi connectivity index (χ3v) is 2.77. The second kappa shape index (κ2) is 3.42. The zero-order valence-electron chi connectivity index (χ0n) is 7.81. The molecule has 14 heavy (non-hydrogen) atoms. The monoisotopic (exact) mass is 191 g/mol. The van der Waals surface area contributed by atoms with Crippen LogP contribution >= 0.6 is 0 Å². The third-order valence-electron chi connectivity index (χ3n) is 2.77. The molecule has 0 saturated heterocycles. The number of hydrogen-bond donors (Lipinski definition) is 2. The van der Waals surface area contributed by atoms with Crippen molar-refractivity contribution in [2.75, 3.05) is 0 Å². The molecule has 1 amide bonds. The van der Waals surface area contributed by atoms with Crippen molar-refractivity contribution in [2.45, 2.75) is 24.9 Å². The molecule has 2 atom stereocenters. The van der Waals surface area contributed by atoms with E-state index in [0.717, 1.165) is 11.1 Å². The molecular formula is C11H13NO2. The van der Waals surface area contributed by atoms with Gasteiger partial charge in [-0.3, -0.25) is 4.79 Å². The Bertz CT molecular complexity index is 362. The summed E-state index contributed by atoms with van der Waals surface area (Å²) in [4.78, 5) is 10.8. The summed E-state index contributed by atoms with van der Waals surface area (Å²) >= 11 is 0. The Morgan fingerprint density at radius 3 is 2.93 bits per heavy atom. The van der Waals surface area contributed by atoms with Crippen molar-refractivity contribution < 1.29 is 9.90 Å². The molecule has 0 aliphatic heterocycles. The van der Waals surface area contributed by atoms with Gasteiger partial charge in [-0.15, -0.1) is 0 Å². The first-order valence-electron chi connectivity index (χ1n) is 4.72. The van der Waals surface area contributed by atoms with Crippen molar-refractivity contribution in [1.29, 1.82) is 0 Å². The molecule has 0 radical (unpaired) electrons. The van der Waals surface area contributed by atoms with E-state index in [4.69, 9.17) is 5.73 Å². The Hall–Kier alpha value is -1.35. The highest BCUT2D eigenvalue weighted by Crippen LogP contribution is 2.35. The highest BCUT2D eigenvalue weighted by atomic mass is 16.3. The van der Waals surface area contributed by atoms with Gasteiger partial charge < -0.3 is 10.8 Å². The van der Waals surface area contributed by atoms with E-state index < -0.39 is 6.10 Å². The maximum absolute atomic E-state index is 10.8. The molecule has 3 N–H and O–H groups in total. The molecule has 0 saturated carbocycles. The van der Waals surface area contributed by atoms with Crippen LogP contribution in [0.2, 0.25) is 0 Å². The van der Waals surface area contributed by atoms with Crippen LogP contribution < -0.4 is 5.73 Å². The van der Waals surface area contributed by atoms with Gasteiger partial charge in [-0.1, -0.05) is 24.3 Å². The van der Waals surface area contributed by atoms with Gasteiger partial charge in [0, 0.05) is 12.3 Å². The number of amides is 1. The molecule has 74 valence electrons. The van der Waals surface area contributed by atoms with Crippen LogP contribution in [0.5, 0.6) is 0 Å². The van der Waals surface area contributed by atoms with Gasteiger partial charge in [-0.05, 0) is 17.5 Å². The predicted octanol–water partition coefficient (Wildman–Crippen LogP) is 0.563. The minimum Gasteiger partial charge on any atom is -0.392 e. The largest absolute Gasteiger partial charge is 0.392 e. The topological polar surface area (TPSA) is 63.3 Å². The molecule has 3 nitrogen and oxygen atoms in total. The lowest BCUT2D eigenvalue weighted by Crippen LogP contribution is -2.21. The number of carbonyl (C=O) groups excluding carboxylic acids is 1. The predicted molar refractivity (Wildman–Crippen MR) is 52.7 cm³/mol. The number of carbonyl (C=O) groups is 1. The molecule has 0 unspecified atom stereocenters. The zero-order chi connectivity index (χ0) is 10.1. The fourth-order valence-corrected chi connectivity index (χ4v) is 2.12. The fraction of sp³-hybridized carbons (Fsp3) is 0.364. The maximum atomic E-state index is 10.8. The second-order valence-electron chi connectivity index (χ2n) is 3.75. The van der Waals surface area contributed by atoms with Crippen LogP contribution in [0, 0.1) is 0 Å². The van der Waals surface area contributed by atoms with E-state index in [1.807, 2.05) is 24.3 Å². The molecule has 0 bridgehead atoms. The van der Waals surface area contributed by atoms with Gasteiger partial charge in [0.15, 0.2) is 0 Å². The number of benzene rings is 1. The average molecular weight is 191 g/mol. The maximum Gasteiger partial charge on any atom is 0.218 e. The fourth-order valence-electron chi connectivity index (χ4n) is 2.12. The standard InChI is InChI=1S/C11H13NO2/c12-11(14)6-9-8-4-2-1-3-7(8)5-10(9)13/h1-4,9-10,13H,5-6H2,(H2,12,14)/t9-,10+/m0/s1. The zero-order valence-corrected chi connectivity index (χ0v) is 7.81. The van der Waals surface area contributed by atoms with E-state index in [1.54, 1.807) is 0 Å². The van der Waals surface area contributed by atoms with Crippen molar-refractivity contribution in [3.05, 3.63) is 35.4 Å². The number of aliphatic hydroxyl groups excluding tert-OH is 1. The lowest BCUT2D eigenvalue weighted by Gasteiger charge is -2.13. The van der Waals surface area contributed by atoms with E-state index in [0.29, 0.717) is 6.42 Å². The molecule has 1 aromatic rings. The highest BCUT2D eigenvalue weighted by molar-refractivity contribution is 5.75. The van der Waals surface area contributed by atoms with E-state index in [2.05, 4.69) is 0 Å². The van der Waals surface area contributed by atoms with Gasteiger partial charge >= 0.3 is 0 Å².